The SMILES string of the molecule is C=CCOC(=O)NCC(CC(C)C)C(=O)O. The average Bonchev–Trinajstić information content (AvgIpc) is 2.20. The van der Waals surface area contributed by atoms with Gasteiger partial charge in [0, 0.05) is 6.54 Å². The minimum Gasteiger partial charge on any atom is -0.481 e. The van der Waals surface area contributed by atoms with Crippen LogP contribution in [0.2, 0.25) is 0 Å². The molecule has 0 bridgehead atoms. The molecule has 5 heteroatoms. The van der Waals surface area contributed by atoms with Crippen molar-refractivity contribution in [1.82, 2.24) is 5.32 Å². The Kier molecular flexibility index (Phi) is 7.00. The third-order valence-electron chi connectivity index (χ3n) is 1.93. The topological polar surface area (TPSA) is 75.6 Å². The van der Waals surface area contributed by atoms with Gasteiger partial charge >= 0.3 is 12.1 Å². The molecule has 0 aromatic carbocycles. The third-order valence-corrected chi connectivity index (χ3v) is 1.93. The van der Waals surface area contributed by atoms with E-state index in [0.29, 0.717) is 6.42 Å². The summed E-state index contributed by atoms with van der Waals surface area (Å²) in [5, 5.41) is 11.3. The number of carboxylic acids is 1. The Morgan fingerprint density at radius 1 is 1.50 bits per heavy atom. The van der Waals surface area contributed by atoms with Crippen LogP contribution in [0.3, 0.4) is 0 Å². The van der Waals surface area contributed by atoms with E-state index >= 15 is 0 Å². The minimum atomic E-state index is -0.905. The summed E-state index contributed by atoms with van der Waals surface area (Å²) in [6.45, 7) is 7.47. The van der Waals surface area contributed by atoms with E-state index in [9.17, 15) is 9.59 Å². The van der Waals surface area contributed by atoms with Gasteiger partial charge in [-0.25, -0.2) is 4.79 Å². The van der Waals surface area contributed by atoms with Gasteiger partial charge in [0.05, 0.1) is 5.92 Å². The van der Waals surface area contributed by atoms with Crippen LogP contribution in [-0.2, 0) is 9.53 Å². The number of alkyl carbamates (subject to hydrolysis) is 1. The van der Waals surface area contributed by atoms with Crippen molar-refractivity contribution >= 4 is 12.1 Å². The molecular weight excluding hydrogens is 210 g/mol. The van der Waals surface area contributed by atoms with E-state index in [1.807, 2.05) is 13.8 Å². The Bertz CT molecular complexity index is 250. The molecule has 1 amide bonds. The molecule has 16 heavy (non-hydrogen) atoms. The van der Waals surface area contributed by atoms with Gasteiger partial charge in [0.1, 0.15) is 6.61 Å². The first kappa shape index (κ1) is 14.5. The third kappa shape index (κ3) is 6.86. The number of aliphatic carboxylic acids is 1. The summed E-state index contributed by atoms with van der Waals surface area (Å²) in [5.74, 6) is -1.21. The van der Waals surface area contributed by atoms with Crippen molar-refractivity contribution in [3.05, 3.63) is 12.7 Å². The van der Waals surface area contributed by atoms with Gasteiger partial charge in [0.25, 0.3) is 0 Å². The predicted molar refractivity (Wildman–Crippen MR) is 60.1 cm³/mol. The van der Waals surface area contributed by atoms with E-state index in [4.69, 9.17) is 5.11 Å². The molecule has 1 unspecified atom stereocenters. The van der Waals surface area contributed by atoms with E-state index < -0.39 is 18.0 Å². The predicted octanol–water partition coefficient (Wildman–Crippen LogP) is 1.65. The van der Waals surface area contributed by atoms with Crippen molar-refractivity contribution in [3.8, 4) is 0 Å². The van der Waals surface area contributed by atoms with Crippen LogP contribution in [0.15, 0.2) is 12.7 Å². The fourth-order valence-electron chi connectivity index (χ4n) is 1.23. The summed E-state index contributed by atoms with van der Waals surface area (Å²) < 4.78 is 4.67. The van der Waals surface area contributed by atoms with Gasteiger partial charge in [-0.2, -0.15) is 0 Å². The van der Waals surface area contributed by atoms with Crippen molar-refractivity contribution < 1.29 is 19.4 Å². The molecule has 0 aliphatic carbocycles. The second kappa shape index (κ2) is 7.73. The Morgan fingerprint density at radius 3 is 2.56 bits per heavy atom. The molecule has 0 aliphatic heterocycles. The molecule has 0 radical (unpaired) electrons. The van der Waals surface area contributed by atoms with Gasteiger partial charge in [0.15, 0.2) is 0 Å². The quantitative estimate of drug-likeness (QED) is 0.651. The maximum atomic E-state index is 11.0. The standard InChI is InChI=1S/C11H19NO4/c1-4-5-16-11(15)12-7-9(10(13)14)6-8(2)3/h4,8-9H,1,5-7H2,2-3H3,(H,12,15)(H,13,14). The molecule has 0 aliphatic rings. The summed E-state index contributed by atoms with van der Waals surface area (Å²) in [5.41, 5.74) is 0. The van der Waals surface area contributed by atoms with Crippen molar-refractivity contribution in [2.45, 2.75) is 20.3 Å². The molecule has 0 spiro atoms. The highest BCUT2D eigenvalue weighted by atomic mass is 16.5. The van der Waals surface area contributed by atoms with Crippen LogP contribution >= 0.6 is 0 Å². The Hall–Kier alpha value is -1.52. The molecule has 0 rings (SSSR count). The molecular formula is C11H19NO4. The van der Waals surface area contributed by atoms with Crippen LogP contribution in [0.5, 0.6) is 0 Å². The van der Waals surface area contributed by atoms with Crippen LogP contribution in [0.1, 0.15) is 20.3 Å². The van der Waals surface area contributed by atoms with Crippen LogP contribution < -0.4 is 5.32 Å². The summed E-state index contributed by atoms with van der Waals surface area (Å²) in [6.07, 6.45) is 1.36. The molecule has 0 aromatic heterocycles. The lowest BCUT2D eigenvalue weighted by molar-refractivity contribution is -0.142. The Labute approximate surface area is 95.5 Å². The average molecular weight is 229 g/mol. The fourth-order valence-corrected chi connectivity index (χ4v) is 1.23. The number of hydrogen-bond donors (Lipinski definition) is 2. The number of carbonyl (C=O) groups is 2. The number of hydrogen-bond acceptors (Lipinski definition) is 3. The molecule has 0 saturated heterocycles. The van der Waals surface area contributed by atoms with Gasteiger partial charge in [-0.05, 0) is 12.3 Å². The maximum absolute atomic E-state index is 11.0. The normalized spacial score (nSPS) is 11.9. The zero-order chi connectivity index (χ0) is 12.6. The second-order valence-corrected chi connectivity index (χ2v) is 3.93. The lowest BCUT2D eigenvalue weighted by Gasteiger charge is -2.15. The van der Waals surface area contributed by atoms with Crippen LogP contribution in [0.4, 0.5) is 4.79 Å². The van der Waals surface area contributed by atoms with Crippen LogP contribution in [0.25, 0.3) is 0 Å². The molecule has 0 saturated carbocycles. The van der Waals surface area contributed by atoms with Crippen molar-refractivity contribution in [1.29, 1.82) is 0 Å². The lowest BCUT2D eigenvalue weighted by Crippen LogP contribution is -2.34. The number of ether oxygens (including phenoxy) is 1. The zero-order valence-electron chi connectivity index (χ0n) is 9.73. The first-order valence-electron chi connectivity index (χ1n) is 5.21. The lowest BCUT2D eigenvalue weighted by atomic mass is 9.97. The molecule has 2 N–H and O–H groups in total. The van der Waals surface area contributed by atoms with E-state index in [-0.39, 0.29) is 19.1 Å². The highest BCUT2D eigenvalue weighted by Gasteiger charge is 2.19. The minimum absolute atomic E-state index is 0.0868. The van der Waals surface area contributed by atoms with Gasteiger partial charge < -0.3 is 15.2 Å². The molecule has 1 atom stereocenters. The Balaban J connectivity index is 3.96. The highest BCUT2D eigenvalue weighted by molar-refractivity contribution is 5.72. The van der Waals surface area contributed by atoms with Crippen LogP contribution in [0, 0.1) is 11.8 Å². The summed E-state index contributed by atoms with van der Waals surface area (Å²) in [7, 11) is 0. The first-order valence-corrected chi connectivity index (χ1v) is 5.21. The summed E-state index contributed by atoms with van der Waals surface area (Å²) in [4.78, 5) is 21.9. The van der Waals surface area contributed by atoms with Gasteiger partial charge in [-0.1, -0.05) is 26.5 Å². The smallest absolute Gasteiger partial charge is 0.407 e. The van der Waals surface area contributed by atoms with E-state index in [1.165, 1.54) is 6.08 Å². The van der Waals surface area contributed by atoms with Gasteiger partial charge in [0.2, 0.25) is 0 Å². The molecule has 5 nitrogen and oxygen atoms in total. The molecule has 0 heterocycles. The monoisotopic (exact) mass is 229 g/mol. The van der Waals surface area contributed by atoms with Gasteiger partial charge in [-0.3, -0.25) is 4.79 Å². The van der Waals surface area contributed by atoms with Crippen molar-refractivity contribution in [3.63, 3.8) is 0 Å². The number of carboxylic acid groups (broad SMARTS) is 1. The molecule has 0 fully saturated rings. The second-order valence-electron chi connectivity index (χ2n) is 3.93. The van der Waals surface area contributed by atoms with Gasteiger partial charge in [-0.15, -0.1) is 0 Å². The van der Waals surface area contributed by atoms with Crippen molar-refractivity contribution in [2.24, 2.45) is 11.8 Å². The summed E-state index contributed by atoms with van der Waals surface area (Å²) in [6, 6.07) is 0. The highest BCUT2D eigenvalue weighted by Crippen LogP contribution is 2.10. The maximum Gasteiger partial charge on any atom is 0.407 e. The first-order chi connectivity index (χ1) is 7.47. The Morgan fingerprint density at radius 2 is 2.12 bits per heavy atom. The number of amides is 1. The summed E-state index contributed by atoms with van der Waals surface area (Å²) >= 11 is 0. The number of nitrogens with one attached hydrogen (secondary N) is 1. The largest absolute Gasteiger partial charge is 0.481 e. The zero-order valence-corrected chi connectivity index (χ0v) is 9.73. The van der Waals surface area contributed by atoms with Crippen molar-refractivity contribution in [2.75, 3.05) is 13.2 Å². The van der Waals surface area contributed by atoms with E-state index in [2.05, 4.69) is 16.6 Å². The fraction of sp³-hybridized carbons (Fsp3) is 0.636. The van der Waals surface area contributed by atoms with E-state index in [1.54, 1.807) is 0 Å². The van der Waals surface area contributed by atoms with E-state index in [0.717, 1.165) is 0 Å². The number of carbonyl (C=O) groups excluding carboxylic acids is 1. The molecule has 0 aromatic rings. The van der Waals surface area contributed by atoms with Crippen LogP contribution in [-0.4, -0.2) is 30.3 Å². The number of rotatable bonds is 7. The molecule has 92 valence electrons.